The third-order valence-electron chi connectivity index (χ3n) is 7.09. The van der Waals surface area contributed by atoms with Crippen LogP contribution in [0.4, 0.5) is 5.69 Å². The first-order valence-corrected chi connectivity index (χ1v) is 13.4. The van der Waals surface area contributed by atoms with E-state index in [1.54, 1.807) is 0 Å². The lowest BCUT2D eigenvalue weighted by Gasteiger charge is -2.36. The minimum absolute atomic E-state index is 0.0693. The van der Waals surface area contributed by atoms with Crippen LogP contribution in [0.15, 0.2) is 84.9 Å². The van der Waals surface area contributed by atoms with Crippen LogP contribution in [-0.2, 0) is 11.3 Å². The van der Waals surface area contributed by atoms with E-state index < -0.39 is 0 Å². The summed E-state index contributed by atoms with van der Waals surface area (Å²) in [5.74, 6) is 0.976. The van der Waals surface area contributed by atoms with Crippen LogP contribution in [0.5, 0.6) is 0 Å². The maximum atomic E-state index is 13.6. The van der Waals surface area contributed by atoms with Crippen molar-refractivity contribution in [2.24, 2.45) is 5.92 Å². The molecule has 196 valence electrons. The number of nitrogens with zero attached hydrogens (tertiary/aromatic N) is 4. The van der Waals surface area contributed by atoms with Crippen molar-refractivity contribution in [1.82, 2.24) is 19.8 Å². The zero-order valence-electron chi connectivity index (χ0n) is 22.1. The highest BCUT2D eigenvalue weighted by Crippen LogP contribution is 2.26. The molecule has 1 aromatic heterocycles. The lowest BCUT2D eigenvalue weighted by molar-refractivity contribution is -0.132. The number of carbonyl (C=O) groups is 2. The highest BCUT2D eigenvalue weighted by molar-refractivity contribution is 5.94. The van der Waals surface area contributed by atoms with Crippen molar-refractivity contribution >= 4 is 28.5 Å². The van der Waals surface area contributed by atoms with Gasteiger partial charge in [0.25, 0.3) is 5.91 Å². The molecule has 4 aromatic rings. The van der Waals surface area contributed by atoms with E-state index in [1.807, 2.05) is 82.3 Å². The summed E-state index contributed by atoms with van der Waals surface area (Å²) in [4.78, 5) is 35.9. The van der Waals surface area contributed by atoms with Crippen molar-refractivity contribution in [3.05, 3.63) is 96.3 Å². The van der Waals surface area contributed by atoms with Crippen LogP contribution < -0.4 is 10.2 Å². The lowest BCUT2D eigenvalue weighted by Crippen LogP contribution is -2.49. The maximum Gasteiger partial charge on any atom is 0.251 e. The van der Waals surface area contributed by atoms with Crippen LogP contribution in [0, 0.1) is 5.92 Å². The maximum absolute atomic E-state index is 13.6. The van der Waals surface area contributed by atoms with Crippen molar-refractivity contribution in [2.75, 3.05) is 31.1 Å². The van der Waals surface area contributed by atoms with Crippen molar-refractivity contribution in [3.63, 3.8) is 0 Å². The summed E-state index contributed by atoms with van der Waals surface area (Å²) in [5, 5.41) is 3.21. The molecule has 0 spiro atoms. The third kappa shape index (κ3) is 5.72. The van der Waals surface area contributed by atoms with Gasteiger partial charge in [-0.15, -0.1) is 0 Å². The van der Waals surface area contributed by atoms with Gasteiger partial charge in [0.05, 0.1) is 17.1 Å². The van der Waals surface area contributed by atoms with E-state index in [9.17, 15) is 9.59 Å². The SMILES string of the molecule is CC(C)C[C@@H](NC(=O)c1ccccc1)c1nc2ccccc2n1CC(=O)N1CCN(c2ccccc2)CC1. The molecule has 0 aliphatic carbocycles. The fraction of sp³-hybridized carbons (Fsp3) is 0.323. The molecule has 7 heteroatoms. The van der Waals surface area contributed by atoms with Crippen LogP contribution in [0.25, 0.3) is 11.0 Å². The second-order valence-electron chi connectivity index (χ2n) is 10.3. The Morgan fingerprint density at radius 3 is 2.16 bits per heavy atom. The molecule has 1 aliphatic rings. The van der Waals surface area contributed by atoms with Gasteiger partial charge < -0.3 is 19.7 Å². The third-order valence-corrected chi connectivity index (χ3v) is 7.09. The van der Waals surface area contributed by atoms with Gasteiger partial charge in [-0.05, 0) is 48.7 Å². The van der Waals surface area contributed by atoms with Crippen molar-refractivity contribution in [1.29, 1.82) is 0 Å². The zero-order valence-corrected chi connectivity index (χ0v) is 22.1. The van der Waals surface area contributed by atoms with Crippen LogP contribution in [0.3, 0.4) is 0 Å². The highest BCUT2D eigenvalue weighted by atomic mass is 16.2. The molecular formula is C31H35N5O2. The molecule has 5 rings (SSSR count). The minimum Gasteiger partial charge on any atom is -0.368 e. The molecule has 1 atom stereocenters. The molecule has 7 nitrogen and oxygen atoms in total. The number of benzene rings is 3. The number of nitrogens with one attached hydrogen (secondary N) is 1. The Labute approximate surface area is 224 Å². The molecule has 1 fully saturated rings. The summed E-state index contributed by atoms with van der Waals surface area (Å²) in [6, 6.07) is 27.1. The molecule has 0 bridgehead atoms. The number of rotatable bonds is 8. The fourth-order valence-electron chi connectivity index (χ4n) is 5.15. The highest BCUT2D eigenvalue weighted by Gasteiger charge is 2.27. The molecule has 1 N–H and O–H groups in total. The molecule has 2 amide bonds. The molecule has 0 radical (unpaired) electrons. The van der Waals surface area contributed by atoms with Gasteiger partial charge in [0, 0.05) is 37.4 Å². The van der Waals surface area contributed by atoms with E-state index in [-0.39, 0.29) is 24.4 Å². The first-order chi connectivity index (χ1) is 18.5. The first kappa shape index (κ1) is 25.5. The van der Waals surface area contributed by atoms with Crippen LogP contribution >= 0.6 is 0 Å². The van der Waals surface area contributed by atoms with Gasteiger partial charge in [0.1, 0.15) is 12.4 Å². The van der Waals surface area contributed by atoms with Crippen molar-refractivity contribution in [3.8, 4) is 0 Å². The monoisotopic (exact) mass is 509 g/mol. The summed E-state index contributed by atoms with van der Waals surface area (Å²) in [5.41, 5.74) is 3.53. The Kier molecular flexibility index (Phi) is 7.73. The summed E-state index contributed by atoms with van der Waals surface area (Å²) >= 11 is 0. The molecular weight excluding hydrogens is 474 g/mol. The molecule has 1 saturated heterocycles. The van der Waals surface area contributed by atoms with E-state index in [0.717, 1.165) is 29.9 Å². The van der Waals surface area contributed by atoms with Gasteiger partial charge in [-0.1, -0.05) is 62.4 Å². The number of imidazole rings is 1. The lowest BCUT2D eigenvalue weighted by atomic mass is 10.0. The molecule has 2 heterocycles. The number of para-hydroxylation sites is 3. The summed E-state index contributed by atoms with van der Waals surface area (Å²) in [6.45, 7) is 7.41. The molecule has 38 heavy (non-hydrogen) atoms. The Bertz CT molecular complexity index is 1380. The number of hydrogen-bond acceptors (Lipinski definition) is 4. The van der Waals surface area contributed by atoms with E-state index >= 15 is 0 Å². The Hall–Kier alpha value is -4.13. The first-order valence-electron chi connectivity index (χ1n) is 13.4. The number of carbonyl (C=O) groups excluding carboxylic acids is 2. The molecule has 1 aliphatic heterocycles. The topological polar surface area (TPSA) is 70.5 Å². The normalized spacial score (nSPS) is 14.6. The smallest absolute Gasteiger partial charge is 0.251 e. The number of anilines is 1. The number of aromatic nitrogens is 2. The molecule has 0 saturated carbocycles. The minimum atomic E-state index is -0.321. The number of hydrogen-bond donors (Lipinski definition) is 1. The Balaban J connectivity index is 1.38. The second kappa shape index (κ2) is 11.5. The quantitative estimate of drug-likeness (QED) is 0.367. The number of piperazine rings is 1. The van der Waals surface area contributed by atoms with Gasteiger partial charge in [-0.2, -0.15) is 0 Å². The number of fused-ring (bicyclic) bond motifs is 1. The van der Waals surface area contributed by atoms with Gasteiger partial charge in [-0.25, -0.2) is 4.98 Å². The van der Waals surface area contributed by atoms with Crippen molar-refractivity contribution < 1.29 is 9.59 Å². The molecule has 3 aromatic carbocycles. The zero-order chi connectivity index (χ0) is 26.5. The predicted molar refractivity (Wildman–Crippen MR) is 151 cm³/mol. The summed E-state index contributed by atoms with van der Waals surface area (Å²) < 4.78 is 2.00. The largest absolute Gasteiger partial charge is 0.368 e. The van der Waals surface area contributed by atoms with E-state index in [4.69, 9.17) is 4.98 Å². The fourth-order valence-corrected chi connectivity index (χ4v) is 5.15. The van der Waals surface area contributed by atoms with E-state index in [0.29, 0.717) is 31.0 Å². The van der Waals surface area contributed by atoms with E-state index in [1.165, 1.54) is 5.69 Å². The van der Waals surface area contributed by atoms with Crippen LogP contribution in [0.2, 0.25) is 0 Å². The Morgan fingerprint density at radius 1 is 0.842 bits per heavy atom. The van der Waals surface area contributed by atoms with Gasteiger partial charge in [0.15, 0.2) is 0 Å². The predicted octanol–water partition coefficient (Wildman–Crippen LogP) is 4.90. The van der Waals surface area contributed by atoms with Gasteiger partial charge in [0.2, 0.25) is 5.91 Å². The summed E-state index contributed by atoms with van der Waals surface area (Å²) in [6.07, 6.45) is 0.714. The molecule has 0 unspecified atom stereocenters. The Morgan fingerprint density at radius 2 is 1.47 bits per heavy atom. The van der Waals surface area contributed by atoms with Crippen LogP contribution in [-0.4, -0.2) is 52.4 Å². The summed E-state index contributed by atoms with van der Waals surface area (Å²) in [7, 11) is 0. The number of amides is 2. The average molecular weight is 510 g/mol. The average Bonchev–Trinajstić information content (AvgIpc) is 3.31. The van der Waals surface area contributed by atoms with Gasteiger partial charge in [-0.3, -0.25) is 9.59 Å². The van der Waals surface area contributed by atoms with Gasteiger partial charge >= 0.3 is 0 Å². The van der Waals surface area contributed by atoms with Crippen molar-refractivity contribution in [2.45, 2.75) is 32.9 Å². The second-order valence-corrected chi connectivity index (χ2v) is 10.3. The standard InChI is InChI=1S/C31H35N5O2/c1-23(2)21-27(33-31(38)24-11-5-3-6-12-24)30-32-26-15-9-10-16-28(26)36(30)22-29(37)35-19-17-34(18-20-35)25-13-7-4-8-14-25/h3-16,23,27H,17-22H2,1-2H3,(H,33,38)/t27-/m1/s1. The van der Waals surface area contributed by atoms with E-state index in [2.05, 4.69) is 36.2 Å². The van der Waals surface area contributed by atoms with Crippen LogP contribution in [0.1, 0.15) is 42.5 Å².